The van der Waals surface area contributed by atoms with Crippen LogP contribution in [0.15, 0.2) is 65.7 Å². The standard InChI is InChI=1S/C20H15F2NO/c1-23-15-7-3-13(4-8-15)17-11-12-18(20(22)19(17)21)14-5-9-16(24-2)10-6-14/h3-12H,1H2,2H3. The Hall–Kier alpha value is -3.01. The molecule has 0 N–H and O–H groups in total. The molecule has 120 valence electrons. The van der Waals surface area contributed by atoms with Crippen LogP contribution in [0.1, 0.15) is 0 Å². The Kier molecular flexibility index (Phi) is 4.38. The van der Waals surface area contributed by atoms with Gasteiger partial charge in [-0.15, -0.1) is 0 Å². The SMILES string of the molecule is C=Nc1ccc(-c2ccc(-c3ccc(OC)cc3)c(F)c2F)cc1. The van der Waals surface area contributed by atoms with E-state index in [1.165, 1.54) is 0 Å². The highest BCUT2D eigenvalue weighted by atomic mass is 19.2. The van der Waals surface area contributed by atoms with Gasteiger partial charge in [0.05, 0.1) is 12.8 Å². The van der Waals surface area contributed by atoms with Gasteiger partial charge in [-0.05, 0) is 42.1 Å². The lowest BCUT2D eigenvalue weighted by atomic mass is 9.98. The molecule has 0 amide bonds. The number of nitrogens with zero attached hydrogens (tertiary/aromatic N) is 1. The molecule has 0 unspecified atom stereocenters. The number of benzene rings is 3. The molecule has 0 radical (unpaired) electrons. The fraction of sp³-hybridized carbons (Fsp3) is 0.0500. The van der Waals surface area contributed by atoms with Gasteiger partial charge in [0.1, 0.15) is 5.75 Å². The van der Waals surface area contributed by atoms with Crippen molar-refractivity contribution in [3.05, 3.63) is 72.3 Å². The van der Waals surface area contributed by atoms with Gasteiger partial charge in [0.2, 0.25) is 0 Å². The van der Waals surface area contributed by atoms with Crippen LogP contribution in [-0.2, 0) is 0 Å². The zero-order chi connectivity index (χ0) is 17.1. The Bertz CT molecular complexity index is 871. The predicted molar refractivity (Wildman–Crippen MR) is 93.0 cm³/mol. The third-order valence-corrected chi connectivity index (χ3v) is 3.84. The molecule has 24 heavy (non-hydrogen) atoms. The molecule has 0 saturated heterocycles. The van der Waals surface area contributed by atoms with Gasteiger partial charge in [-0.3, -0.25) is 4.99 Å². The van der Waals surface area contributed by atoms with Crippen molar-refractivity contribution < 1.29 is 13.5 Å². The first-order valence-electron chi connectivity index (χ1n) is 7.33. The summed E-state index contributed by atoms with van der Waals surface area (Å²) >= 11 is 0. The summed E-state index contributed by atoms with van der Waals surface area (Å²) in [6, 6.07) is 16.8. The minimum Gasteiger partial charge on any atom is -0.497 e. The molecule has 0 atom stereocenters. The van der Waals surface area contributed by atoms with Crippen LogP contribution in [0.3, 0.4) is 0 Å². The van der Waals surface area contributed by atoms with Gasteiger partial charge < -0.3 is 4.74 Å². The first-order valence-corrected chi connectivity index (χ1v) is 7.33. The van der Waals surface area contributed by atoms with Crippen molar-refractivity contribution in [1.82, 2.24) is 0 Å². The molecule has 0 fully saturated rings. The van der Waals surface area contributed by atoms with Gasteiger partial charge in [-0.1, -0.05) is 36.4 Å². The van der Waals surface area contributed by atoms with Crippen LogP contribution in [0, 0.1) is 11.6 Å². The lowest BCUT2D eigenvalue weighted by Crippen LogP contribution is -1.94. The lowest BCUT2D eigenvalue weighted by Gasteiger charge is -2.10. The number of hydrogen-bond acceptors (Lipinski definition) is 2. The van der Waals surface area contributed by atoms with E-state index in [0.717, 1.165) is 0 Å². The largest absolute Gasteiger partial charge is 0.497 e. The molecule has 0 aliphatic rings. The summed E-state index contributed by atoms with van der Waals surface area (Å²) in [7, 11) is 1.55. The summed E-state index contributed by atoms with van der Waals surface area (Å²) in [5, 5.41) is 0. The Morgan fingerprint density at radius 3 is 1.62 bits per heavy atom. The van der Waals surface area contributed by atoms with Crippen molar-refractivity contribution in [3.63, 3.8) is 0 Å². The van der Waals surface area contributed by atoms with Crippen molar-refractivity contribution in [3.8, 4) is 28.0 Å². The summed E-state index contributed by atoms with van der Waals surface area (Å²) in [6.07, 6.45) is 0. The molecule has 4 heteroatoms. The van der Waals surface area contributed by atoms with Crippen LogP contribution in [-0.4, -0.2) is 13.8 Å². The Balaban J connectivity index is 2.02. The lowest BCUT2D eigenvalue weighted by molar-refractivity contribution is 0.415. The monoisotopic (exact) mass is 323 g/mol. The number of rotatable bonds is 4. The minimum absolute atomic E-state index is 0.209. The molecule has 3 rings (SSSR count). The summed E-state index contributed by atoms with van der Waals surface area (Å²) in [5.41, 5.74) is 2.27. The predicted octanol–water partition coefficient (Wildman–Crippen LogP) is 5.64. The van der Waals surface area contributed by atoms with Crippen LogP contribution in [0.4, 0.5) is 14.5 Å². The van der Waals surface area contributed by atoms with Gasteiger partial charge in [0, 0.05) is 11.1 Å². The van der Waals surface area contributed by atoms with E-state index in [4.69, 9.17) is 4.74 Å². The van der Waals surface area contributed by atoms with Gasteiger partial charge >= 0.3 is 0 Å². The maximum Gasteiger partial charge on any atom is 0.167 e. The summed E-state index contributed by atoms with van der Waals surface area (Å²) < 4.78 is 34.1. The highest BCUT2D eigenvalue weighted by Gasteiger charge is 2.16. The second kappa shape index (κ2) is 6.62. The molecule has 3 aromatic rings. The van der Waals surface area contributed by atoms with Crippen molar-refractivity contribution >= 4 is 12.4 Å². The highest BCUT2D eigenvalue weighted by Crippen LogP contribution is 2.32. The third-order valence-electron chi connectivity index (χ3n) is 3.84. The minimum atomic E-state index is -0.873. The van der Waals surface area contributed by atoms with Gasteiger partial charge in [-0.2, -0.15) is 0 Å². The van der Waals surface area contributed by atoms with Crippen molar-refractivity contribution in [1.29, 1.82) is 0 Å². The van der Waals surface area contributed by atoms with Gasteiger partial charge in [-0.25, -0.2) is 8.78 Å². The van der Waals surface area contributed by atoms with Crippen LogP contribution in [0.2, 0.25) is 0 Å². The van der Waals surface area contributed by atoms with Crippen LogP contribution in [0.25, 0.3) is 22.3 Å². The molecule has 3 aromatic carbocycles. The van der Waals surface area contributed by atoms with E-state index >= 15 is 0 Å². The van der Waals surface area contributed by atoms with Crippen molar-refractivity contribution in [2.45, 2.75) is 0 Å². The van der Waals surface area contributed by atoms with Gasteiger partial charge in [0.15, 0.2) is 11.6 Å². The average Bonchev–Trinajstić information content (AvgIpc) is 2.64. The molecule has 0 saturated carbocycles. The van der Waals surface area contributed by atoms with E-state index in [2.05, 4.69) is 11.7 Å². The maximum atomic E-state index is 14.5. The van der Waals surface area contributed by atoms with Crippen LogP contribution in [0.5, 0.6) is 5.75 Å². The normalized spacial score (nSPS) is 10.5. The zero-order valence-electron chi connectivity index (χ0n) is 13.1. The van der Waals surface area contributed by atoms with E-state index in [0.29, 0.717) is 22.6 Å². The fourth-order valence-electron chi connectivity index (χ4n) is 2.51. The third kappa shape index (κ3) is 2.91. The van der Waals surface area contributed by atoms with E-state index in [1.54, 1.807) is 67.8 Å². The first kappa shape index (κ1) is 15.9. The Labute approximate surface area is 139 Å². The quantitative estimate of drug-likeness (QED) is 0.569. The molecular formula is C20H15F2NO. The smallest absolute Gasteiger partial charge is 0.167 e. The van der Waals surface area contributed by atoms with Crippen molar-refractivity contribution in [2.75, 3.05) is 7.11 Å². The fourth-order valence-corrected chi connectivity index (χ4v) is 2.51. The molecule has 2 nitrogen and oxygen atoms in total. The number of ether oxygens (including phenoxy) is 1. The Morgan fingerprint density at radius 1 is 0.750 bits per heavy atom. The van der Waals surface area contributed by atoms with E-state index < -0.39 is 11.6 Å². The Morgan fingerprint density at radius 2 is 1.21 bits per heavy atom. The average molecular weight is 323 g/mol. The number of halogens is 2. The van der Waals surface area contributed by atoms with E-state index in [1.807, 2.05) is 0 Å². The number of aliphatic imine (C=N–C) groups is 1. The van der Waals surface area contributed by atoms with E-state index in [9.17, 15) is 8.78 Å². The van der Waals surface area contributed by atoms with Crippen molar-refractivity contribution in [2.24, 2.45) is 4.99 Å². The molecule has 0 aliphatic carbocycles. The van der Waals surface area contributed by atoms with Gasteiger partial charge in [0.25, 0.3) is 0 Å². The molecule has 0 spiro atoms. The maximum absolute atomic E-state index is 14.5. The van der Waals surface area contributed by atoms with Crippen LogP contribution >= 0.6 is 0 Å². The second-order valence-electron chi connectivity index (χ2n) is 5.22. The summed E-state index contributed by atoms with van der Waals surface area (Å²) in [5.74, 6) is -1.08. The molecule has 0 bridgehead atoms. The summed E-state index contributed by atoms with van der Waals surface area (Å²) in [6.45, 7) is 3.43. The zero-order valence-corrected chi connectivity index (χ0v) is 13.1. The second-order valence-corrected chi connectivity index (χ2v) is 5.22. The molecule has 0 heterocycles. The molecule has 0 aromatic heterocycles. The topological polar surface area (TPSA) is 21.6 Å². The number of methoxy groups -OCH3 is 1. The first-order chi connectivity index (χ1) is 11.6. The molecular weight excluding hydrogens is 308 g/mol. The highest BCUT2D eigenvalue weighted by molar-refractivity contribution is 5.72. The number of hydrogen-bond donors (Lipinski definition) is 0. The molecule has 0 aliphatic heterocycles. The van der Waals surface area contributed by atoms with Crippen LogP contribution < -0.4 is 4.74 Å². The summed E-state index contributed by atoms with van der Waals surface area (Å²) in [4.78, 5) is 3.79. The van der Waals surface area contributed by atoms with E-state index in [-0.39, 0.29) is 11.1 Å².